The molecule has 120 valence electrons. The summed E-state index contributed by atoms with van der Waals surface area (Å²) in [5, 5.41) is 0.791. The Labute approximate surface area is 140 Å². The van der Waals surface area contributed by atoms with Gasteiger partial charge in [-0.05, 0) is 0 Å². The van der Waals surface area contributed by atoms with Crippen LogP contribution in [0.15, 0.2) is 24.3 Å². The SMILES string of the molecule is CCC[CH2][Sn]([CH2]CCC)([CH2]CCC)[O]c1ccc(Cl)cc1. The zero-order valence-corrected chi connectivity index (χ0v) is 17.6. The molecule has 0 amide bonds. The van der Waals surface area contributed by atoms with Crippen molar-refractivity contribution in [2.75, 3.05) is 0 Å². The van der Waals surface area contributed by atoms with Crippen LogP contribution in [0.25, 0.3) is 0 Å². The van der Waals surface area contributed by atoms with Gasteiger partial charge in [0.15, 0.2) is 0 Å². The third kappa shape index (κ3) is 7.27. The van der Waals surface area contributed by atoms with Gasteiger partial charge in [-0.3, -0.25) is 0 Å². The number of hydrogen-bond donors (Lipinski definition) is 0. The molecule has 1 aromatic rings. The fourth-order valence-electron chi connectivity index (χ4n) is 2.78. The zero-order chi connectivity index (χ0) is 15.6. The van der Waals surface area contributed by atoms with Crippen molar-refractivity contribution in [3.63, 3.8) is 0 Å². The second kappa shape index (κ2) is 10.8. The van der Waals surface area contributed by atoms with E-state index in [2.05, 4.69) is 32.9 Å². The van der Waals surface area contributed by atoms with E-state index in [1.54, 1.807) is 0 Å². The second-order valence-electron chi connectivity index (χ2n) is 6.05. The molecule has 0 radical (unpaired) electrons. The Morgan fingerprint density at radius 3 is 1.62 bits per heavy atom. The van der Waals surface area contributed by atoms with E-state index in [1.807, 2.05) is 12.1 Å². The van der Waals surface area contributed by atoms with Gasteiger partial charge in [0.1, 0.15) is 0 Å². The van der Waals surface area contributed by atoms with Crippen LogP contribution in [0.3, 0.4) is 0 Å². The molecular weight excluding hydrogens is 386 g/mol. The van der Waals surface area contributed by atoms with Gasteiger partial charge in [-0.1, -0.05) is 0 Å². The molecule has 0 aliphatic rings. The molecule has 0 spiro atoms. The van der Waals surface area contributed by atoms with Crippen LogP contribution >= 0.6 is 11.6 Å². The number of hydrogen-bond acceptors (Lipinski definition) is 1. The summed E-state index contributed by atoms with van der Waals surface area (Å²) >= 11 is 3.48. The summed E-state index contributed by atoms with van der Waals surface area (Å²) in [7, 11) is 0. The van der Waals surface area contributed by atoms with E-state index in [0.717, 1.165) is 10.8 Å². The van der Waals surface area contributed by atoms with Gasteiger partial charge in [-0.15, -0.1) is 0 Å². The third-order valence-electron chi connectivity index (χ3n) is 4.11. The minimum absolute atomic E-state index is 0.791. The Kier molecular flexibility index (Phi) is 9.83. The molecule has 1 rings (SSSR count). The second-order valence-corrected chi connectivity index (χ2v) is 18.1. The van der Waals surface area contributed by atoms with Gasteiger partial charge in [-0.2, -0.15) is 0 Å². The van der Waals surface area contributed by atoms with Crippen LogP contribution in [0.1, 0.15) is 59.3 Å². The maximum absolute atomic E-state index is 6.71. The van der Waals surface area contributed by atoms with E-state index < -0.39 is 18.8 Å². The number of unbranched alkanes of at least 4 members (excludes halogenated alkanes) is 3. The first-order valence-corrected chi connectivity index (χ1v) is 16.2. The molecule has 0 fully saturated rings. The molecular formula is C18H31ClOSn. The molecule has 0 unspecified atom stereocenters. The third-order valence-corrected chi connectivity index (χ3v) is 17.1. The molecule has 0 aliphatic carbocycles. The predicted octanol–water partition coefficient (Wildman–Crippen LogP) is 7.06. The van der Waals surface area contributed by atoms with Crippen LogP contribution in [0, 0.1) is 0 Å². The summed E-state index contributed by atoms with van der Waals surface area (Å²) in [4.78, 5) is 0. The summed E-state index contributed by atoms with van der Waals surface area (Å²) in [6.45, 7) is 6.87. The van der Waals surface area contributed by atoms with Gasteiger partial charge in [0, 0.05) is 0 Å². The van der Waals surface area contributed by atoms with Crippen molar-refractivity contribution in [1.82, 2.24) is 0 Å². The van der Waals surface area contributed by atoms with Gasteiger partial charge in [0.05, 0.1) is 0 Å². The van der Waals surface area contributed by atoms with Crippen molar-refractivity contribution < 1.29 is 3.07 Å². The Hall–Kier alpha value is 0.109. The summed E-state index contributed by atoms with van der Waals surface area (Å²) < 4.78 is 10.8. The molecule has 0 atom stereocenters. The first-order valence-electron chi connectivity index (χ1n) is 8.60. The van der Waals surface area contributed by atoms with Crippen molar-refractivity contribution >= 4 is 30.4 Å². The number of halogens is 1. The molecule has 0 aliphatic heterocycles. The molecule has 0 bridgehead atoms. The molecule has 0 heterocycles. The van der Waals surface area contributed by atoms with E-state index in [0.29, 0.717) is 0 Å². The summed E-state index contributed by atoms with van der Waals surface area (Å²) in [6, 6.07) is 8.01. The Morgan fingerprint density at radius 1 is 0.810 bits per heavy atom. The average molecular weight is 418 g/mol. The van der Waals surface area contributed by atoms with E-state index in [1.165, 1.54) is 51.8 Å². The molecule has 3 heteroatoms. The average Bonchev–Trinajstić information content (AvgIpc) is 2.51. The summed E-state index contributed by atoms with van der Waals surface area (Å²) in [5.74, 6) is 1.05. The standard InChI is InChI=1S/C6H5ClO.3C4H9.Sn/c7-5-1-3-6(8)4-2-5;3*1-3-4-2;/h1-4,8H;3*1,3-4H2,2H3;/q;;;;+1/p-1. The van der Waals surface area contributed by atoms with Crippen molar-refractivity contribution in [3.8, 4) is 5.75 Å². The Bertz CT molecular complexity index is 356. The zero-order valence-electron chi connectivity index (χ0n) is 14.0. The number of rotatable bonds is 11. The molecule has 1 nitrogen and oxygen atoms in total. The van der Waals surface area contributed by atoms with Gasteiger partial charge in [-0.25, -0.2) is 0 Å². The van der Waals surface area contributed by atoms with Crippen LogP contribution in [0.2, 0.25) is 18.3 Å². The molecule has 0 saturated heterocycles. The van der Waals surface area contributed by atoms with Crippen molar-refractivity contribution in [2.24, 2.45) is 0 Å². The van der Waals surface area contributed by atoms with E-state index in [-0.39, 0.29) is 0 Å². The van der Waals surface area contributed by atoms with E-state index in [4.69, 9.17) is 14.7 Å². The minimum atomic E-state index is -2.51. The molecule has 0 aromatic heterocycles. The fraction of sp³-hybridized carbons (Fsp3) is 0.667. The quantitative estimate of drug-likeness (QED) is 0.350. The van der Waals surface area contributed by atoms with E-state index >= 15 is 0 Å². The normalized spacial score (nSPS) is 11.6. The molecule has 0 saturated carbocycles. The Balaban J connectivity index is 2.85. The molecule has 0 N–H and O–H groups in total. The first-order chi connectivity index (χ1) is 10.2. The first kappa shape index (κ1) is 19.2. The summed E-state index contributed by atoms with van der Waals surface area (Å²) in [6.07, 6.45) is 7.83. The van der Waals surface area contributed by atoms with Gasteiger partial charge in [0.2, 0.25) is 0 Å². The van der Waals surface area contributed by atoms with Gasteiger partial charge >= 0.3 is 141 Å². The van der Waals surface area contributed by atoms with Crippen LogP contribution in [-0.2, 0) is 0 Å². The maximum atomic E-state index is 6.71. The molecule has 21 heavy (non-hydrogen) atoms. The van der Waals surface area contributed by atoms with Gasteiger partial charge in [0.25, 0.3) is 0 Å². The van der Waals surface area contributed by atoms with Crippen molar-refractivity contribution in [1.29, 1.82) is 0 Å². The number of benzene rings is 1. The fourth-order valence-corrected chi connectivity index (χ4v) is 16.3. The van der Waals surface area contributed by atoms with Crippen molar-refractivity contribution in [2.45, 2.75) is 72.6 Å². The summed E-state index contributed by atoms with van der Waals surface area (Å²) in [5.41, 5.74) is 0. The van der Waals surface area contributed by atoms with Crippen LogP contribution < -0.4 is 3.07 Å². The van der Waals surface area contributed by atoms with Crippen LogP contribution in [-0.4, -0.2) is 18.8 Å². The Morgan fingerprint density at radius 2 is 1.24 bits per heavy atom. The topological polar surface area (TPSA) is 9.23 Å². The van der Waals surface area contributed by atoms with Crippen LogP contribution in [0.5, 0.6) is 5.75 Å². The van der Waals surface area contributed by atoms with Crippen LogP contribution in [0.4, 0.5) is 0 Å². The van der Waals surface area contributed by atoms with Gasteiger partial charge < -0.3 is 0 Å². The predicted molar refractivity (Wildman–Crippen MR) is 97.0 cm³/mol. The molecule has 1 aromatic carbocycles. The monoisotopic (exact) mass is 418 g/mol. The van der Waals surface area contributed by atoms with E-state index in [9.17, 15) is 0 Å². The van der Waals surface area contributed by atoms with Crippen molar-refractivity contribution in [3.05, 3.63) is 29.3 Å².